The lowest BCUT2D eigenvalue weighted by molar-refractivity contribution is 0.177. The Kier molecular flexibility index (Phi) is 5.27. The number of hydrogen-bond acceptors (Lipinski definition) is 7. The fraction of sp³-hybridized carbons (Fsp3) is 0.130. The Hall–Kier alpha value is -3.07. The van der Waals surface area contributed by atoms with Crippen molar-refractivity contribution in [3.05, 3.63) is 76.2 Å². The first-order valence-corrected chi connectivity index (χ1v) is 11.3. The molecule has 0 amide bonds. The lowest BCUT2D eigenvalue weighted by atomic mass is 10.1. The Morgan fingerprint density at radius 1 is 1.03 bits per heavy atom. The van der Waals surface area contributed by atoms with Crippen LogP contribution >= 0.6 is 23.1 Å². The molecule has 5 aromatic rings. The van der Waals surface area contributed by atoms with Crippen molar-refractivity contribution in [3.63, 3.8) is 0 Å². The monoisotopic (exact) mass is 446 g/mol. The summed E-state index contributed by atoms with van der Waals surface area (Å²) in [6, 6.07) is 17.6. The Morgan fingerprint density at radius 2 is 1.81 bits per heavy atom. The summed E-state index contributed by atoms with van der Waals surface area (Å²) >= 11 is 2.95. The summed E-state index contributed by atoms with van der Waals surface area (Å²) in [7, 11) is 3.36. The summed E-state index contributed by atoms with van der Waals surface area (Å²) in [6.07, 6.45) is 0. The van der Waals surface area contributed by atoms with E-state index in [9.17, 15) is 4.79 Å². The molecule has 0 unspecified atom stereocenters. The van der Waals surface area contributed by atoms with Crippen LogP contribution in [0.1, 0.15) is 5.82 Å². The molecule has 3 heterocycles. The molecule has 5 rings (SSSR count). The number of rotatable bonds is 5. The molecule has 31 heavy (non-hydrogen) atoms. The molecular formula is C23H18N4O2S2. The maximum atomic E-state index is 12.9. The van der Waals surface area contributed by atoms with Crippen LogP contribution < -0.4 is 5.56 Å². The zero-order valence-corrected chi connectivity index (χ0v) is 18.5. The van der Waals surface area contributed by atoms with Gasteiger partial charge in [0, 0.05) is 25.1 Å². The van der Waals surface area contributed by atoms with Gasteiger partial charge in [-0.1, -0.05) is 42.5 Å². The second kappa shape index (κ2) is 8.22. The van der Waals surface area contributed by atoms with E-state index in [0.717, 1.165) is 26.4 Å². The predicted molar refractivity (Wildman–Crippen MR) is 125 cm³/mol. The first kappa shape index (κ1) is 19.9. The molecule has 0 spiro atoms. The van der Waals surface area contributed by atoms with Gasteiger partial charge in [-0.25, -0.2) is 15.0 Å². The minimum Gasteiger partial charge on any atom is -0.377 e. The lowest BCUT2D eigenvalue weighted by Crippen LogP contribution is -2.19. The van der Waals surface area contributed by atoms with Gasteiger partial charge in [-0.3, -0.25) is 9.36 Å². The molecular weight excluding hydrogens is 428 g/mol. The third-order valence-electron chi connectivity index (χ3n) is 4.93. The molecule has 0 radical (unpaired) electrons. The number of ether oxygens (including phenoxy) is 1. The van der Waals surface area contributed by atoms with Crippen LogP contribution in [0.2, 0.25) is 0 Å². The number of thiophene rings is 1. The van der Waals surface area contributed by atoms with Crippen LogP contribution in [0, 0.1) is 0 Å². The number of nitrogens with zero attached hydrogens (tertiary/aromatic N) is 4. The van der Waals surface area contributed by atoms with Gasteiger partial charge in [-0.15, -0.1) is 11.3 Å². The zero-order chi connectivity index (χ0) is 21.4. The Bertz CT molecular complexity index is 1460. The topological polar surface area (TPSA) is 69.9 Å². The fourth-order valence-electron chi connectivity index (χ4n) is 3.42. The largest absolute Gasteiger partial charge is 0.377 e. The van der Waals surface area contributed by atoms with Crippen LogP contribution in [0.3, 0.4) is 0 Å². The number of benzene rings is 2. The van der Waals surface area contributed by atoms with Gasteiger partial charge < -0.3 is 4.74 Å². The molecule has 2 aromatic carbocycles. The molecule has 0 bridgehead atoms. The molecule has 8 heteroatoms. The number of para-hydroxylation sites is 1. The maximum Gasteiger partial charge on any atom is 0.261 e. The van der Waals surface area contributed by atoms with Crippen molar-refractivity contribution in [2.45, 2.75) is 16.8 Å². The van der Waals surface area contributed by atoms with E-state index in [0.29, 0.717) is 28.5 Å². The quantitative estimate of drug-likeness (QED) is 0.282. The molecule has 154 valence electrons. The number of hydrogen-bond donors (Lipinski definition) is 0. The predicted octanol–water partition coefficient (Wildman–Crippen LogP) is 4.90. The Morgan fingerprint density at radius 3 is 2.61 bits per heavy atom. The molecule has 0 aliphatic carbocycles. The maximum absolute atomic E-state index is 12.9. The second-order valence-corrected chi connectivity index (χ2v) is 8.77. The molecule has 0 N–H and O–H groups in total. The molecule has 6 nitrogen and oxygen atoms in total. The van der Waals surface area contributed by atoms with Crippen LogP contribution in [0.4, 0.5) is 0 Å². The first-order chi connectivity index (χ1) is 15.2. The van der Waals surface area contributed by atoms with Crippen LogP contribution in [0.5, 0.6) is 0 Å². The van der Waals surface area contributed by atoms with Crippen molar-refractivity contribution in [1.82, 2.24) is 19.5 Å². The van der Waals surface area contributed by atoms with Gasteiger partial charge in [-0.2, -0.15) is 0 Å². The average molecular weight is 447 g/mol. The minimum atomic E-state index is -0.0795. The molecule has 0 aliphatic heterocycles. The molecule has 0 saturated heterocycles. The summed E-state index contributed by atoms with van der Waals surface area (Å²) in [5.74, 6) is 0.602. The van der Waals surface area contributed by atoms with E-state index in [1.54, 1.807) is 36.1 Å². The van der Waals surface area contributed by atoms with E-state index in [2.05, 4.69) is 22.5 Å². The molecule has 0 aliphatic rings. The van der Waals surface area contributed by atoms with Crippen molar-refractivity contribution >= 4 is 44.2 Å². The molecule has 0 saturated carbocycles. The molecule has 0 fully saturated rings. The molecule has 0 atom stereocenters. The highest BCUT2D eigenvalue weighted by Crippen LogP contribution is 2.40. The van der Waals surface area contributed by atoms with Gasteiger partial charge in [-0.05, 0) is 29.5 Å². The van der Waals surface area contributed by atoms with Crippen LogP contribution in [0.25, 0.3) is 32.2 Å². The van der Waals surface area contributed by atoms with Gasteiger partial charge in [0.15, 0.2) is 11.0 Å². The first-order valence-electron chi connectivity index (χ1n) is 9.62. The molecule has 3 aromatic heterocycles. The summed E-state index contributed by atoms with van der Waals surface area (Å²) in [4.78, 5) is 27.9. The van der Waals surface area contributed by atoms with E-state index in [4.69, 9.17) is 14.7 Å². The van der Waals surface area contributed by atoms with Crippen molar-refractivity contribution < 1.29 is 4.74 Å². The summed E-state index contributed by atoms with van der Waals surface area (Å²) in [5.41, 5.74) is 2.75. The van der Waals surface area contributed by atoms with Gasteiger partial charge in [0.05, 0.1) is 16.3 Å². The lowest BCUT2D eigenvalue weighted by Gasteiger charge is -2.11. The highest BCUT2D eigenvalue weighted by molar-refractivity contribution is 7.99. The Labute approximate surface area is 186 Å². The van der Waals surface area contributed by atoms with Crippen molar-refractivity contribution in [2.75, 3.05) is 7.11 Å². The van der Waals surface area contributed by atoms with Gasteiger partial charge in [0.25, 0.3) is 5.56 Å². The zero-order valence-electron chi connectivity index (χ0n) is 16.9. The highest BCUT2D eigenvalue weighted by Gasteiger charge is 2.19. The second-order valence-electron chi connectivity index (χ2n) is 6.95. The van der Waals surface area contributed by atoms with E-state index >= 15 is 0 Å². The van der Waals surface area contributed by atoms with Crippen LogP contribution in [0.15, 0.2) is 75.0 Å². The van der Waals surface area contributed by atoms with Crippen LogP contribution in [-0.2, 0) is 18.4 Å². The SMILES string of the molecule is COCc1nc(Sc2nc3ccccc3c(=O)n2C)c2c(-c3ccccc3)csc2n1. The standard InChI is InChI=1S/C23H18N4O2S2/c1-27-22(28)15-10-6-7-11-17(15)24-23(27)31-21-19-16(14-8-4-3-5-9-14)13-30-20(19)25-18(26-21)12-29-2/h3-11,13H,12H2,1-2H3. The highest BCUT2D eigenvalue weighted by atomic mass is 32.2. The normalized spacial score (nSPS) is 11.4. The minimum absolute atomic E-state index is 0.0795. The fourth-order valence-corrected chi connectivity index (χ4v) is 5.45. The van der Waals surface area contributed by atoms with Gasteiger partial charge >= 0.3 is 0 Å². The van der Waals surface area contributed by atoms with E-state index < -0.39 is 0 Å². The van der Waals surface area contributed by atoms with Crippen LogP contribution in [-0.4, -0.2) is 26.6 Å². The van der Waals surface area contributed by atoms with Crippen molar-refractivity contribution in [3.8, 4) is 11.1 Å². The van der Waals surface area contributed by atoms with E-state index in [-0.39, 0.29) is 5.56 Å². The van der Waals surface area contributed by atoms with Crippen molar-refractivity contribution in [1.29, 1.82) is 0 Å². The number of methoxy groups -OCH3 is 1. The number of fused-ring (bicyclic) bond motifs is 2. The summed E-state index contributed by atoms with van der Waals surface area (Å²) < 4.78 is 6.85. The van der Waals surface area contributed by atoms with Gasteiger partial charge in [0.1, 0.15) is 16.5 Å². The third kappa shape index (κ3) is 3.63. The average Bonchev–Trinajstić information content (AvgIpc) is 3.22. The van der Waals surface area contributed by atoms with Crippen molar-refractivity contribution in [2.24, 2.45) is 7.05 Å². The number of aromatic nitrogens is 4. The summed E-state index contributed by atoms with van der Waals surface area (Å²) in [6.45, 7) is 0.312. The third-order valence-corrected chi connectivity index (χ3v) is 6.84. The summed E-state index contributed by atoms with van der Waals surface area (Å²) in [5, 5.41) is 5.00. The van der Waals surface area contributed by atoms with Gasteiger partial charge in [0.2, 0.25) is 0 Å². The van der Waals surface area contributed by atoms with E-state index in [1.165, 1.54) is 11.8 Å². The smallest absolute Gasteiger partial charge is 0.261 e. The Balaban J connectivity index is 1.72. The van der Waals surface area contributed by atoms with E-state index in [1.807, 2.05) is 36.4 Å².